The molecule has 0 saturated carbocycles. The summed E-state index contributed by atoms with van der Waals surface area (Å²) in [6.07, 6.45) is 1.38. The fourth-order valence-corrected chi connectivity index (χ4v) is 4.00. The quantitative estimate of drug-likeness (QED) is 0.703. The number of fused-ring (bicyclic) bond motifs is 1. The van der Waals surface area contributed by atoms with E-state index in [1.807, 2.05) is 24.4 Å². The van der Waals surface area contributed by atoms with Gasteiger partial charge in [0, 0.05) is 17.4 Å². The Bertz CT molecular complexity index is 1000. The number of hydrogen-bond donors (Lipinski definition) is 1. The second-order valence-electron chi connectivity index (χ2n) is 6.67. The Labute approximate surface area is 155 Å². The number of carboxylic acid groups (broad SMARTS) is 1. The van der Waals surface area contributed by atoms with Gasteiger partial charge in [-0.2, -0.15) is 0 Å². The SMILES string of the molecule is CCCc1nc2scc(-c3ccc(C(C)C)cc3)c2c(=O)n1CC(=O)O. The number of nitrogens with zero attached hydrogens (tertiary/aromatic N) is 2. The summed E-state index contributed by atoms with van der Waals surface area (Å²) < 4.78 is 1.30. The monoisotopic (exact) mass is 370 g/mol. The van der Waals surface area contributed by atoms with Gasteiger partial charge >= 0.3 is 5.97 Å². The van der Waals surface area contributed by atoms with Gasteiger partial charge in [-0.3, -0.25) is 14.2 Å². The molecule has 1 aromatic carbocycles. The predicted octanol–water partition coefficient (Wildman–Crippen LogP) is 4.29. The van der Waals surface area contributed by atoms with Crippen LogP contribution in [-0.4, -0.2) is 20.6 Å². The first kappa shape index (κ1) is 18.3. The number of aryl methyl sites for hydroxylation is 1. The van der Waals surface area contributed by atoms with Gasteiger partial charge < -0.3 is 5.11 Å². The third-order valence-electron chi connectivity index (χ3n) is 4.43. The van der Waals surface area contributed by atoms with E-state index in [0.29, 0.717) is 28.4 Å². The molecule has 3 aromatic rings. The Morgan fingerprint density at radius 2 is 1.96 bits per heavy atom. The Balaban J connectivity index is 2.19. The molecule has 0 fully saturated rings. The molecule has 2 heterocycles. The maximum atomic E-state index is 13.1. The summed E-state index contributed by atoms with van der Waals surface area (Å²) in [4.78, 5) is 29.5. The number of aromatic nitrogens is 2. The molecule has 0 bridgehead atoms. The third-order valence-corrected chi connectivity index (χ3v) is 5.30. The molecule has 0 saturated heterocycles. The van der Waals surface area contributed by atoms with Gasteiger partial charge in [0.2, 0.25) is 0 Å². The van der Waals surface area contributed by atoms with Crippen LogP contribution >= 0.6 is 11.3 Å². The largest absolute Gasteiger partial charge is 0.480 e. The Kier molecular flexibility index (Phi) is 5.23. The average Bonchev–Trinajstić information content (AvgIpc) is 3.02. The van der Waals surface area contributed by atoms with E-state index in [0.717, 1.165) is 17.5 Å². The molecule has 136 valence electrons. The Hall–Kier alpha value is -2.47. The van der Waals surface area contributed by atoms with Crippen LogP contribution in [0.5, 0.6) is 0 Å². The molecule has 6 heteroatoms. The number of hydrogen-bond acceptors (Lipinski definition) is 4. The van der Waals surface area contributed by atoms with Crippen LogP contribution in [0.4, 0.5) is 0 Å². The summed E-state index contributed by atoms with van der Waals surface area (Å²) in [5.74, 6) is -0.0612. The highest BCUT2D eigenvalue weighted by Crippen LogP contribution is 2.32. The highest BCUT2D eigenvalue weighted by Gasteiger charge is 2.18. The van der Waals surface area contributed by atoms with E-state index in [1.165, 1.54) is 21.5 Å². The standard InChI is InChI=1S/C20H22N2O3S/c1-4-5-16-21-19-18(20(25)22(16)10-17(23)24)15(11-26-19)14-8-6-13(7-9-14)12(2)3/h6-9,11-12H,4-5,10H2,1-3H3,(H,23,24). The summed E-state index contributed by atoms with van der Waals surface area (Å²) in [5, 5.41) is 11.6. The zero-order valence-corrected chi connectivity index (χ0v) is 16.0. The first-order valence-corrected chi connectivity index (χ1v) is 9.63. The van der Waals surface area contributed by atoms with Gasteiger partial charge in [0.1, 0.15) is 17.2 Å². The van der Waals surface area contributed by atoms with Crippen molar-refractivity contribution in [2.24, 2.45) is 0 Å². The van der Waals surface area contributed by atoms with E-state index in [1.54, 1.807) is 0 Å². The maximum Gasteiger partial charge on any atom is 0.323 e. The van der Waals surface area contributed by atoms with E-state index in [4.69, 9.17) is 0 Å². The van der Waals surface area contributed by atoms with Crippen molar-refractivity contribution in [3.05, 3.63) is 51.4 Å². The third kappa shape index (κ3) is 3.42. The molecule has 0 atom stereocenters. The van der Waals surface area contributed by atoms with E-state index < -0.39 is 5.97 Å². The van der Waals surface area contributed by atoms with Crippen molar-refractivity contribution in [3.63, 3.8) is 0 Å². The van der Waals surface area contributed by atoms with Gasteiger partial charge in [-0.25, -0.2) is 4.98 Å². The number of carbonyl (C=O) groups is 1. The number of rotatable bonds is 6. The maximum absolute atomic E-state index is 13.1. The second kappa shape index (κ2) is 7.41. The van der Waals surface area contributed by atoms with Crippen molar-refractivity contribution in [1.29, 1.82) is 0 Å². The molecule has 3 rings (SSSR count). The lowest BCUT2D eigenvalue weighted by Crippen LogP contribution is -2.28. The number of aliphatic carboxylic acids is 1. The Morgan fingerprint density at radius 3 is 2.54 bits per heavy atom. The molecule has 1 N–H and O–H groups in total. The van der Waals surface area contributed by atoms with Crippen LogP contribution in [0.1, 0.15) is 44.5 Å². The van der Waals surface area contributed by atoms with Gasteiger partial charge in [0.05, 0.1) is 5.39 Å². The summed E-state index contributed by atoms with van der Waals surface area (Å²) in [6.45, 7) is 5.90. The van der Waals surface area contributed by atoms with Crippen molar-refractivity contribution in [2.75, 3.05) is 0 Å². The average molecular weight is 370 g/mol. The zero-order valence-electron chi connectivity index (χ0n) is 15.2. The summed E-state index contributed by atoms with van der Waals surface area (Å²) >= 11 is 1.43. The van der Waals surface area contributed by atoms with E-state index >= 15 is 0 Å². The minimum absolute atomic E-state index is 0.273. The topological polar surface area (TPSA) is 72.2 Å². The molecule has 0 spiro atoms. The highest BCUT2D eigenvalue weighted by atomic mass is 32.1. The highest BCUT2D eigenvalue weighted by molar-refractivity contribution is 7.17. The molecule has 26 heavy (non-hydrogen) atoms. The predicted molar refractivity (Wildman–Crippen MR) is 105 cm³/mol. The molecule has 0 aliphatic carbocycles. The van der Waals surface area contributed by atoms with Gasteiger partial charge in [-0.1, -0.05) is 45.0 Å². The normalized spacial score (nSPS) is 11.4. The molecule has 0 aliphatic heterocycles. The minimum atomic E-state index is -1.04. The fraction of sp³-hybridized carbons (Fsp3) is 0.350. The summed E-state index contributed by atoms with van der Waals surface area (Å²) in [5.41, 5.74) is 2.73. The van der Waals surface area contributed by atoms with Crippen LogP contribution in [0.25, 0.3) is 21.3 Å². The summed E-state index contributed by atoms with van der Waals surface area (Å²) in [6, 6.07) is 8.16. The van der Waals surface area contributed by atoms with Crippen molar-refractivity contribution >= 4 is 27.5 Å². The minimum Gasteiger partial charge on any atom is -0.480 e. The van der Waals surface area contributed by atoms with Crippen LogP contribution < -0.4 is 5.56 Å². The van der Waals surface area contributed by atoms with Gasteiger partial charge in [-0.05, 0) is 23.5 Å². The van der Waals surface area contributed by atoms with Crippen molar-refractivity contribution in [3.8, 4) is 11.1 Å². The van der Waals surface area contributed by atoms with Crippen molar-refractivity contribution < 1.29 is 9.90 Å². The van der Waals surface area contributed by atoms with Gasteiger partial charge in [0.15, 0.2) is 0 Å². The van der Waals surface area contributed by atoms with Gasteiger partial charge in [0.25, 0.3) is 5.56 Å². The Morgan fingerprint density at radius 1 is 1.27 bits per heavy atom. The molecule has 2 aromatic heterocycles. The molecule has 0 aliphatic rings. The number of benzene rings is 1. The van der Waals surface area contributed by atoms with Crippen LogP contribution in [0.15, 0.2) is 34.4 Å². The smallest absolute Gasteiger partial charge is 0.323 e. The van der Waals surface area contributed by atoms with Crippen molar-refractivity contribution in [2.45, 2.75) is 46.1 Å². The molecule has 0 amide bonds. The summed E-state index contributed by atoms with van der Waals surface area (Å²) in [7, 11) is 0. The van der Waals surface area contributed by atoms with Crippen LogP contribution in [0.3, 0.4) is 0 Å². The van der Waals surface area contributed by atoms with Gasteiger partial charge in [-0.15, -0.1) is 11.3 Å². The van der Waals surface area contributed by atoms with E-state index in [-0.39, 0.29) is 12.1 Å². The lowest BCUT2D eigenvalue weighted by Gasteiger charge is -2.10. The molecule has 0 radical (unpaired) electrons. The second-order valence-corrected chi connectivity index (χ2v) is 7.53. The number of carboxylic acids is 1. The first-order chi connectivity index (χ1) is 12.4. The van der Waals surface area contributed by atoms with E-state index in [2.05, 4.69) is 31.0 Å². The zero-order chi connectivity index (χ0) is 18.8. The molecular weight excluding hydrogens is 348 g/mol. The molecule has 0 unspecified atom stereocenters. The van der Waals surface area contributed by atoms with E-state index in [9.17, 15) is 14.7 Å². The van der Waals surface area contributed by atoms with Crippen LogP contribution in [-0.2, 0) is 17.8 Å². The lowest BCUT2D eigenvalue weighted by molar-refractivity contribution is -0.137. The fourth-order valence-electron chi connectivity index (χ4n) is 3.04. The van der Waals surface area contributed by atoms with Crippen LogP contribution in [0, 0.1) is 0 Å². The molecule has 5 nitrogen and oxygen atoms in total. The first-order valence-electron chi connectivity index (χ1n) is 8.75. The lowest BCUT2D eigenvalue weighted by atomic mass is 9.99. The number of thiophene rings is 1. The van der Waals surface area contributed by atoms with Crippen molar-refractivity contribution in [1.82, 2.24) is 9.55 Å². The van der Waals surface area contributed by atoms with Crippen LogP contribution in [0.2, 0.25) is 0 Å². The molecular formula is C20H22N2O3S.